The first kappa shape index (κ1) is 18.4. The van der Waals surface area contributed by atoms with E-state index in [9.17, 15) is 0 Å². The van der Waals surface area contributed by atoms with E-state index in [-0.39, 0.29) is 6.04 Å². The first-order chi connectivity index (χ1) is 11.6. The molecule has 1 aliphatic heterocycles. The number of hydrogen-bond acceptors (Lipinski definition) is 4. The number of likely N-dealkylation sites (tertiary alicyclic amines) is 1. The van der Waals surface area contributed by atoms with Crippen LogP contribution in [0.5, 0.6) is 11.5 Å². The van der Waals surface area contributed by atoms with Crippen LogP contribution in [0.25, 0.3) is 0 Å². The molecule has 1 unspecified atom stereocenters. The zero-order valence-electron chi connectivity index (χ0n) is 15.5. The standard InChI is InChI=1S/C18H30N4O2/c1-19-18(22-10-6-7-11-22)20-13-15(21(2)3)14-8-9-16(23-4)17(12-14)24-5/h8-9,12,15H,6-7,10-11,13H2,1-5H3,(H,19,20). The lowest BCUT2D eigenvalue weighted by Crippen LogP contribution is -2.43. The number of nitrogens with one attached hydrogen (secondary N) is 1. The fourth-order valence-electron chi connectivity index (χ4n) is 3.11. The van der Waals surface area contributed by atoms with Gasteiger partial charge in [-0.25, -0.2) is 0 Å². The van der Waals surface area contributed by atoms with E-state index in [1.807, 2.05) is 19.2 Å². The molecular formula is C18H30N4O2. The molecule has 0 amide bonds. The molecule has 0 spiro atoms. The van der Waals surface area contributed by atoms with E-state index in [1.165, 1.54) is 18.4 Å². The van der Waals surface area contributed by atoms with Crippen LogP contribution in [-0.4, -0.2) is 70.8 Å². The Kier molecular flexibility index (Phi) is 6.73. The van der Waals surface area contributed by atoms with Crippen molar-refractivity contribution in [3.63, 3.8) is 0 Å². The van der Waals surface area contributed by atoms with Crippen molar-refractivity contribution in [2.45, 2.75) is 18.9 Å². The van der Waals surface area contributed by atoms with Gasteiger partial charge in [-0.05, 0) is 44.6 Å². The molecule has 6 heteroatoms. The number of ether oxygens (including phenoxy) is 2. The Bertz CT molecular complexity index is 554. The predicted molar refractivity (Wildman–Crippen MR) is 98.1 cm³/mol. The number of rotatable bonds is 6. The van der Waals surface area contributed by atoms with Crippen LogP contribution in [0.1, 0.15) is 24.4 Å². The molecule has 1 N–H and O–H groups in total. The van der Waals surface area contributed by atoms with Crippen molar-refractivity contribution >= 4 is 5.96 Å². The maximum Gasteiger partial charge on any atom is 0.193 e. The summed E-state index contributed by atoms with van der Waals surface area (Å²) >= 11 is 0. The summed E-state index contributed by atoms with van der Waals surface area (Å²) in [5.41, 5.74) is 1.18. The fraction of sp³-hybridized carbons (Fsp3) is 0.611. The van der Waals surface area contributed by atoms with Crippen molar-refractivity contribution in [3.8, 4) is 11.5 Å². The first-order valence-corrected chi connectivity index (χ1v) is 8.44. The van der Waals surface area contributed by atoms with E-state index in [0.717, 1.165) is 37.1 Å². The van der Waals surface area contributed by atoms with Gasteiger partial charge >= 0.3 is 0 Å². The molecule has 1 fully saturated rings. The van der Waals surface area contributed by atoms with Gasteiger partial charge in [0.05, 0.1) is 20.3 Å². The van der Waals surface area contributed by atoms with Crippen molar-refractivity contribution in [2.75, 3.05) is 55.0 Å². The van der Waals surface area contributed by atoms with Gasteiger partial charge in [-0.15, -0.1) is 0 Å². The van der Waals surface area contributed by atoms with E-state index >= 15 is 0 Å². The Morgan fingerprint density at radius 2 is 1.88 bits per heavy atom. The molecule has 1 aromatic carbocycles. The average Bonchev–Trinajstić information content (AvgIpc) is 3.12. The molecule has 24 heavy (non-hydrogen) atoms. The van der Waals surface area contributed by atoms with Gasteiger partial charge in [0.15, 0.2) is 17.5 Å². The van der Waals surface area contributed by atoms with E-state index in [2.05, 4.69) is 40.3 Å². The molecule has 0 bridgehead atoms. The van der Waals surface area contributed by atoms with Crippen molar-refractivity contribution in [1.82, 2.24) is 15.1 Å². The molecule has 1 atom stereocenters. The number of benzene rings is 1. The van der Waals surface area contributed by atoms with Crippen LogP contribution < -0.4 is 14.8 Å². The predicted octanol–water partition coefficient (Wildman–Crippen LogP) is 1.98. The molecule has 0 aliphatic carbocycles. The molecule has 1 heterocycles. The quantitative estimate of drug-likeness (QED) is 0.637. The summed E-state index contributed by atoms with van der Waals surface area (Å²) < 4.78 is 10.8. The Balaban J connectivity index is 2.11. The second kappa shape index (κ2) is 8.78. The summed E-state index contributed by atoms with van der Waals surface area (Å²) in [5, 5.41) is 3.52. The summed E-state index contributed by atoms with van der Waals surface area (Å²) in [6, 6.07) is 6.31. The third kappa shape index (κ3) is 4.32. The van der Waals surface area contributed by atoms with Crippen LogP contribution >= 0.6 is 0 Å². The first-order valence-electron chi connectivity index (χ1n) is 8.44. The highest BCUT2D eigenvalue weighted by molar-refractivity contribution is 5.80. The topological polar surface area (TPSA) is 49.3 Å². The summed E-state index contributed by atoms with van der Waals surface area (Å²) in [6.07, 6.45) is 2.49. The number of nitrogens with zero attached hydrogens (tertiary/aromatic N) is 3. The highest BCUT2D eigenvalue weighted by atomic mass is 16.5. The van der Waals surface area contributed by atoms with Crippen LogP contribution in [0, 0.1) is 0 Å². The van der Waals surface area contributed by atoms with Gasteiger partial charge in [0.1, 0.15) is 0 Å². The van der Waals surface area contributed by atoms with E-state index in [0.29, 0.717) is 0 Å². The smallest absolute Gasteiger partial charge is 0.193 e. The zero-order valence-corrected chi connectivity index (χ0v) is 15.5. The Morgan fingerprint density at radius 3 is 2.42 bits per heavy atom. The van der Waals surface area contributed by atoms with Gasteiger partial charge in [-0.3, -0.25) is 4.99 Å². The SMILES string of the molecule is CN=C(NCC(c1ccc(OC)c(OC)c1)N(C)C)N1CCCC1. The van der Waals surface area contributed by atoms with Gasteiger partial charge in [-0.1, -0.05) is 6.07 Å². The van der Waals surface area contributed by atoms with E-state index in [1.54, 1.807) is 14.2 Å². The van der Waals surface area contributed by atoms with Crippen molar-refractivity contribution in [2.24, 2.45) is 4.99 Å². The monoisotopic (exact) mass is 334 g/mol. The van der Waals surface area contributed by atoms with Crippen molar-refractivity contribution < 1.29 is 9.47 Å². The van der Waals surface area contributed by atoms with Crippen molar-refractivity contribution in [1.29, 1.82) is 0 Å². The number of hydrogen-bond donors (Lipinski definition) is 1. The van der Waals surface area contributed by atoms with E-state index < -0.39 is 0 Å². The minimum absolute atomic E-state index is 0.212. The maximum atomic E-state index is 5.44. The number of guanidine groups is 1. The molecule has 0 radical (unpaired) electrons. The molecule has 1 aliphatic rings. The normalized spacial score (nSPS) is 16.4. The maximum absolute atomic E-state index is 5.44. The highest BCUT2D eigenvalue weighted by Gasteiger charge is 2.20. The van der Waals surface area contributed by atoms with Gasteiger partial charge in [0.2, 0.25) is 0 Å². The van der Waals surface area contributed by atoms with Crippen LogP contribution in [0.2, 0.25) is 0 Å². The van der Waals surface area contributed by atoms with Crippen molar-refractivity contribution in [3.05, 3.63) is 23.8 Å². The number of aliphatic imine (C=N–C) groups is 1. The lowest BCUT2D eigenvalue weighted by molar-refractivity contribution is 0.293. The van der Waals surface area contributed by atoms with Gasteiger partial charge < -0.3 is 24.6 Å². The molecule has 6 nitrogen and oxygen atoms in total. The lowest BCUT2D eigenvalue weighted by atomic mass is 10.1. The molecule has 0 saturated carbocycles. The largest absolute Gasteiger partial charge is 0.493 e. The van der Waals surface area contributed by atoms with E-state index in [4.69, 9.17) is 9.47 Å². The third-order valence-electron chi connectivity index (χ3n) is 4.49. The molecule has 1 saturated heterocycles. The van der Waals surface area contributed by atoms with Crippen LogP contribution in [0.3, 0.4) is 0 Å². The highest BCUT2D eigenvalue weighted by Crippen LogP contribution is 2.31. The third-order valence-corrected chi connectivity index (χ3v) is 4.49. The number of likely N-dealkylation sites (N-methyl/N-ethyl adjacent to an activating group) is 1. The average molecular weight is 334 g/mol. The minimum atomic E-state index is 0.212. The second-order valence-electron chi connectivity index (χ2n) is 6.22. The van der Waals surface area contributed by atoms with Crippen LogP contribution in [-0.2, 0) is 0 Å². The Labute approximate surface area is 145 Å². The Hall–Kier alpha value is -1.95. The summed E-state index contributed by atoms with van der Waals surface area (Å²) in [4.78, 5) is 8.95. The summed E-state index contributed by atoms with van der Waals surface area (Å²) in [6.45, 7) is 2.96. The molecule has 134 valence electrons. The van der Waals surface area contributed by atoms with Gasteiger partial charge in [0, 0.05) is 26.7 Å². The molecule has 1 aromatic rings. The molecule has 2 rings (SSSR count). The minimum Gasteiger partial charge on any atom is -0.493 e. The number of methoxy groups -OCH3 is 2. The zero-order chi connectivity index (χ0) is 17.5. The summed E-state index contributed by atoms with van der Waals surface area (Å²) in [5.74, 6) is 2.49. The molecular weight excluding hydrogens is 304 g/mol. The van der Waals surface area contributed by atoms with Crippen LogP contribution in [0.15, 0.2) is 23.2 Å². The van der Waals surface area contributed by atoms with Gasteiger partial charge in [0.25, 0.3) is 0 Å². The molecule has 0 aromatic heterocycles. The van der Waals surface area contributed by atoms with Gasteiger partial charge in [-0.2, -0.15) is 0 Å². The summed E-state index contributed by atoms with van der Waals surface area (Å²) in [7, 11) is 9.34. The Morgan fingerprint density at radius 1 is 1.21 bits per heavy atom. The van der Waals surface area contributed by atoms with Crippen LogP contribution in [0.4, 0.5) is 0 Å². The second-order valence-corrected chi connectivity index (χ2v) is 6.22. The lowest BCUT2D eigenvalue weighted by Gasteiger charge is -2.28. The fourth-order valence-corrected chi connectivity index (χ4v) is 3.11.